The van der Waals surface area contributed by atoms with Crippen molar-refractivity contribution in [3.8, 4) is 11.4 Å². The first kappa shape index (κ1) is 7.50. The Labute approximate surface area is 81.4 Å². The Balaban J connectivity index is 2.55. The van der Waals surface area contributed by atoms with Crippen LogP contribution in [0.3, 0.4) is 0 Å². The number of hydrogen-bond acceptors (Lipinski definition) is 2. The first-order valence-electron chi connectivity index (χ1n) is 4.38. The standard InChI is InChI=1S/C11H8N3/c1-14-7-12-6-9-8-4-2-3-5-10(8)13-11(9)14/h2-7H,1H2. The van der Waals surface area contributed by atoms with Crippen LogP contribution in [0.25, 0.3) is 22.3 Å². The Morgan fingerprint density at radius 1 is 1.21 bits per heavy atom. The van der Waals surface area contributed by atoms with Gasteiger partial charge in [-0.3, -0.25) is 0 Å². The normalized spacial score (nSPS) is 11.2. The second kappa shape index (κ2) is 2.54. The second-order valence-corrected chi connectivity index (χ2v) is 3.23. The van der Waals surface area contributed by atoms with Gasteiger partial charge in [0.05, 0.1) is 11.8 Å². The smallest absolute Gasteiger partial charge is 0.144 e. The Kier molecular flexibility index (Phi) is 1.36. The van der Waals surface area contributed by atoms with Crippen molar-refractivity contribution in [2.75, 3.05) is 0 Å². The van der Waals surface area contributed by atoms with Crippen molar-refractivity contribution in [2.24, 2.45) is 0 Å². The monoisotopic (exact) mass is 182 g/mol. The highest BCUT2D eigenvalue weighted by atomic mass is 15.1. The molecule has 0 fully saturated rings. The molecule has 0 spiro atoms. The van der Waals surface area contributed by atoms with Crippen LogP contribution in [0.2, 0.25) is 0 Å². The molecule has 3 heteroatoms. The van der Waals surface area contributed by atoms with E-state index in [1.54, 1.807) is 10.9 Å². The number of rotatable bonds is 0. The SMILES string of the molecule is [CH2]n1cncc2c3ccccc3nc1-2. The van der Waals surface area contributed by atoms with Crippen molar-refractivity contribution in [1.29, 1.82) is 0 Å². The Hall–Kier alpha value is -1.90. The van der Waals surface area contributed by atoms with Gasteiger partial charge in [-0.1, -0.05) is 18.2 Å². The molecule has 0 amide bonds. The van der Waals surface area contributed by atoms with Crippen LogP contribution in [0, 0.1) is 7.05 Å². The molecule has 0 N–H and O–H groups in total. The summed E-state index contributed by atoms with van der Waals surface area (Å²) in [6, 6.07) is 8.03. The fourth-order valence-electron chi connectivity index (χ4n) is 1.68. The maximum absolute atomic E-state index is 4.48. The molecule has 0 unspecified atom stereocenters. The van der Waals surface area contributed by atoms with Crippen LogP contribution in [0.4, 0.5) is 0 Å². The summed E-state index contributed by atoms with van der Waals surface area (Å²) in [6.45, 7) is 0. The number of para-hydroxylation sites is 1. The molecule has 3 rings (SSSR count). The average molecular weight is 182 g/mol. The van der Waals surface area contributed by atoms with Crippen LogP contribution in [0.15, 0.2) is 36.8 Å². The van der Waals surface area contributed by atoms with Crippen molar-refractivity contribution in [3.63, 3.8) is 0 Å². The quantitative estimate of drug-likeness (QED) is 0.533. The minimum absolute atomic E-state index is 0.876. The van der Waals surface area contributed by atoms with E-state index < -0.39 is 0 Å². The second-order valence-electron chi connectivity index (χ2n) is 3.23. The summed E-state index contributed by atoms with van der Waals surface area (Å²) in [4.78, 5) is 8.57. The minimum Gasteiger partial charge on any atom is -0.315 e. The van der Waals surface area contributed by atoms with E-state index in [9.17, 15) is 0 Å². The Morgan fingerprint density at radius 2 is 2.07 bits per heavy atom. The molecule has 2 heterocycles. The lowest BCUT2D eigenvalue weighted by atomic mass is 10.2. The van der Waals surface area contributed by atoms with Crippen LogP contribution in [0.5, 0.6) is 0 Å². The molecule has 14 heavy (non-hydrogen) atoms. The summed E-state index contributed by atoms with van der Waals surface area (Å²) in [5.41, 5.74) is 2.05. The number of fused-ring (bicyclic) bond motifs is 3. The van der Waals surface area contributed by atoms with Crippen molar-refractivity contribution in [2.45, 2.75) is 0 Å². The van der Waals surface area contributed by atoms with Crippen molar-refractivity contribution >= 4 is 10.9 Å². The number of hydrogen-bond donors (Lipinski definition) is 0. The van der Waals surface area contributed by atoms with Crippen LogP contribution < -0.4 is 0 Å². The lowest BCUT2D eigenvalue weighted by molar-refractivity contribution is 0.967. The van der Waals surface area contributed by atoms with E-state index in [-0.39, 0.29) is 0 Å². The molecule has 2 aliphatic rings. The fraction of sp³-hybridized carbons (Fsp3) is 0. The molecular formula is C11H8N3. The molecular weight excluding hydrogens is 174 g/mol. The third-order valence-electron chi connectivity index (χ3n) is 2.34. The van der Waals surface area contributed by atoms with Gasteiger partial charge in [0.1, 0.15) is 5.82 Å². The van der Waals surface area contributed by atoms with Gasteiger partial charge in [0, 0.05) is 24.2 Å². The fourth-order valence-corrected chi connectivity index (χ4v) is 1.68. The van der Waals surface area contributed by atoms with Crippen LogP contribution in [-0.2, 0) is 0 Å². The lowest BCUT2D eigenvalue weighted by Crippen LogP contribution is -1.95. The molecule has 0 atom stereocenters. The van der Waals surface area contributed by atoms with E-state index in [2.05, 4.69) is 17.0 Å². The zero-order chi connectivity index (χ0) is 9.54. The van der Waals surface area contributed by atoms with E-state index in [4.69, 9.17) is 0 Å². The topological polar surface area (TPSA) is 30.7 Å². The van der Waals surface area contributed by atoms with E-state index in [1.807, 2.05) is 30.5 Å². The maximum atomic E-state index is 4.48. The first-order valence-corrected chi connectivity index (χ1v) is 4.38. The molecule has 0 saturated heterocycles. The summed E-state index contributed by atoms with van der Waals surface area (Å²) in [6.07, 6.45) is 3.49. The summed E-state index contributed by atoms with van der Waals surface area (Å²) in [5.74, 6) is 0.876. The van der Waals surface area contributed by atoms with Gasteiger partial charge < -0.3 is 4.57 Å². The molecule has 0 aromatic heterocycles. The van der Waals surface area contributed by atoms with Crippen LogP contribution >= 0.6 is 0 Å². The zero-order valence-corrected chi connectivity index (χ0v) is 7.51. The molecule has 3 nitrogen and oxygen atoms in total. The zero-order valence-electron chi connectivity index (χ0n) is 7.51. The lowest BCUT2D eigenvalue weighted by Gasteiger charge is -2.02. The molecule has 2 aliphatic heterocycles. The molecule has 1 radical (unpaired) electrons. The average Bonchev–Trinajstić information content (AvgIpc) is 2.59. The summed E-state index contributed by atoms with van der Waals surface area (Å²) < 4.78 is 1.69. The predicted octanol–water partition coefficient (Wildman–Crippen LogP) is 2.18. The van der Waals surface area contributed by atoms with Crippen LogP contribution in [-0.4, -0.2) is 14.5 Å². The molecule has 0 saturated carbocycles. The highest BCUT2D eigenvalue weighted by Crippen LogP contribution is 2.28. The third-order valence-corrected chi connectivity index (χ3v) is 2.34. The number of nitrogens with zero attached hydrogens (tertiary/aromatic N) is 3. The van der Waals surface area contributed by atoms with Crippen molar-refractivity contribution in [3.05, 3.63) is 43.8 Å². The maximum Gasteiger partial charge on any atom is 0.144 e. The molecule has 0 bridgehead atoms. The number of aromatic nitrogens is 3. The molecule has 0 aliphatic carbocycles. The van der Waals surface area contributed by atoms with Gasteiger partial charge in [-0.15, -0.1) is 0 Å². The highest BCUT2D eigenvalue weighted by Gasteiger charge is 2.12. The van der Waals surface area contributed by atoms with Gasteiger partial charge in [-0.25, -0.2) is 9.97 Å². The van der Waals surface area contributed by atoms with Gasteiger partial charge in [0.25, 0.3) is 0 Å². The van der Waals surface area contributed by atoms with Gasteiger partial charge in [-0.2, -0.15) is 0 Å². The first-order chi connectivity index (χ1) is 6.86. The Morgan fingerprint density at radius 3 is 3.00 bits per heavy atom. The van der Waals surface area contributed by atoms with E-state index >= 15 is 0 Å². The van der Waals surface area contributed by atoms with Crippen molar-refractivity contribution < 1.29 is 0 Å². The summed E-state index contributed by atoms with van der Waals surface area (Å²) in [5, 5.41) is 1.13. The highest BCUT2D eigenvalue weighted by molar-refractivity contribution is 5.95. The van der Waals surface area contributed by atoms with Crippen molar-refractivity contribution in [1.82, 2.24) is 14.5 Å². The minimum atomic E-state index is 0.876. The molecule has 1 aromatic rings. The largest absolute Gasteiger partial charge is 0.315 e. The summed E-state index contributed by atoms with van der Waals surface area (Å²) in [7, 11) is 3.84. The van der Waals surface area contributed by atoms with Crippen LogP contribution in [0.1, 0.15) is 0 Å². The summed E-state index contributed by atoms with van der Waals surface area (Å²) >= 11 is 0. The number of benzene rings is 1. The third kappa shape index (κ3) is 0.865. The van der Waals surface area contributed by atoms with E-state index in [0.717, 1.165) is 22.3 Å². The van der Waals surface area contributed by atoms with Gasteiger partial charge >= 0.3 is 0 Å². The molecule has 1 aromatic carbocycles. The van der Waals surface area contributed by atoms with Gasteiger partial charge in [-0.05, 0) is 6.07 Å². The Bertz CT molecular complexity index is 568. The van der Waals surface area contributed by atoms with Gasteiger partial charge in [0.2, 0.25) is 0 Å². The van der Waals surface area contributed by atoms with E-state index in [0.29, 0.717) is 0 Å². The molecule has 67 valence electrons. The van der Waals surface area contributed by atoms with E-state index in [1.165, 1.54) is 0 Å². The van der Waals surface area contributed by atoms with Gasteiger partial charge in [0.15, 0.2) is 0 Å². The predicted molar refractivity (Wildman–Crippen MR) is 54.9 cm³/mol.